The standard InChI is InChI=1S/C22H28N6O2/c1-15(2)21-23-16(3)12-19(24-21)28-10-8-27(9-11-28)14-20-25-22(26-30-20)17-6-5-7-18(13-17)29-4/h5-7,12-13,15H,8-11,14H2,1-4H3. The van der Waals surface area contributed by atoms with Gasteiger partial charge in [0.15, 0.2) is 0 Å². The highest BCUT2D eigenvalue weighted by Crippen LogP contribution is 2.22. The fraction of sp³-hybridized carbons (Fsp3) is 0.455. The SMILES string of the molecule is COc1cccc(-c2noc(CN3CCN(c4cc(C)nc(C(C)C)n4)CC3)n2)c1. The molecule has 4 rings (SSSR count). The minimum atomic E-state index is 0.321. The fourth-order valence-electron chi connectivity index (χ4n) is 3.52. The summed E-state index contributed by atoms with van der Waals surface area (Å²) in [6.45, 7) is 10.6. The van der Waals surface area contributed by atoms with Gasteiger partial charge < -0.3 is 14.2 Å². The summed E-state index contributed by atoms with van der Waals surface area (Å²) < 4.78 is 10.8. The number of hydrogen-bond donors (Lipinski definition) is 0. The molecule has 1 aromatic carbocycles. The molecule has 8 nitrogen and oxygen atoms in total. The Bertz CT molecular complexity index is 995. The molecule has 1 aliphatic rings. The minimum Gasteiger partial charge on any atom is -0.497 e. The number of nitrogens with zero attached hydrogens (tertiary/aromatic N) is 6. The second-order valence-corrected chi connectivity index (χ2v) is 7.89. The summed E-state index contributed by atoms with van der Waals surface area (Å²) in [5.74, 6) is 4.23. The number of benzene rings is 1. The molecule has 158 valence electrons. The van der Waals surface area contributed by atoms with Crippen LogP contribution in [0.15, 0.2) is 34.9 Å². The van der Waals surface area contributed by atoms with Crippen molar-refractivity contribution >= 4 is 5.82 Å². The second-order valence-electron chi connectivity index (χ2n) is 7.89. The Morgan fingerprint density at radius 2 is 1.87 bits per heavy atom. The normalized spacial score (nSPS) is 15.0. The van der Waals surface area contributed by atoms with Crippen molar-refractivity contribution in [1.82, 2.24) is 25.0 Å². The van der Waals surface area contributed by atoms with Crippen molar-refractivity contribution in [3.63, 3.8) is 0 Å². The molecule has 0 N–H and O–H groups in total. The number of ether oxygens (including phenoxy) is 1. The maximum atomic E-state index is 5.49. The molecule has 0 aliphatic carbocycles. The number of anilines is 1. The largest absolute Gasteiger partial charge is 0.497 e. The van der Waals surface area contributed by atoms with Gasteiger partial charge in [-0.15, -0.1) is 0 Å². The number of aryl methyl sites for hydroxylation is 1. The first-order valence-electron chi connectivity index (χ1n) is 10.3. The van der Waals surface area contributed by atoms with Gasteiger partial charge in [0, 0.05) is 49.4 Å². The zero-order chi connectivity index (χ0) is 21.1. The Balaban J connectivity index is 1.37. The number of methoxy groups -OCH3 is 1. The summed E-state index contributed by atoms with van der Waals surface area (Å²) in [7, 11) is 1.65. The molecule has 30 heavy (non-hydrogen) atoms. The lowest BCUT2D eigenvalue weighted by Crippen LogP contribution is -2.46. The van der Waals surface area contributed by atoms with E-state index >= 15 is 0 Å². The third-order valence-corrected chi connectivity index (χ3v) is 5.23. The van der Waals surface area contributed by atoms with Gasteiger partial charge in [0.1, 0.15) is 17.4 Å². The van der Waals surface area contributed by atoms with Crippen molar-refractivity contribution in [2.75, 3.05) is 38.2 Å². The molecular weight excluding hydrogens is 380 g/mol. The van der Waals surface area contributed by atoms with Crippen molar-refractivity contribution in [3.05, 3.63) is 47.7 Å². The maximum absolute atomic E-state index is 5.49. The van der Waals surface area contributed by atoms with E-state index in [2.05, 4.69) is 44.8 Å². The lowest BCUT2D eigenvalue weighted by Gasteiger charge is -2.34. The van der Waals surface area contributed by atoms with E-state index < -0.39 is 0 Å². The van der Waals surface area contributed by atoms with Crippen LogP contribution >= 0.6 is 0 Å². The van der Waals surface area contributed by atoms with E-state index in [0.29, 0.717) is 24.2 Å². The first-order valence-corrected chi connectivity index (χ1v) is 10.3. The van der Waals surface area contributed by atoms with E-state index in [1.807, 2.05) is 31.2 Å². The highest BCUT2D eigenvalue weighted by molar-refractivity contribution is 5.56. The van der Waals surface area contributed by atoms with E-state index in [4.69, 9.17) is 14.2 Å². The van der Waals surface area contributed by atoms with Crippen LogP contribution in [0.3, 0.4) is 0 Å². The van der Waals surface area contributed by atoms with Crippen molar-refractivity contribution in [3.8, 4) is 17.1 Å². The van der Waals surface area contributed by atoms with Gasteiger partial charge in [-0.2, -0.15) is 4.98 Å². The molecular formula is C22H28N6O2. The van der Waals surface area contributed by atoms with Crippen LogP contribution < -0.4 is 9.64 Å². The lowest BCUT2D eigenvalue weighted by atomic mass is 10.2. The van der Waals surface area contributed by atoms with Crippen LogP contribution in [0, 0.1) is 6.92 Å². The third kappa shape index (κ3) is 4.59. The van der Waals surface area contributed by atoms with Gasteiger partial charge in [0.25, 0.3) is 0 Å². The van der Waals surface area contributed by atoms with Crippen LogP contribution in [0.5, 0.6) is 5.75 Å². The molecule has 3 heterocycles. The van der Waals surface area contributed by atoms with Gasteiger partial charge in [0.2, 0.25) is 11.7 Å². The van der Waals surface area contributed by atoms with Crippen LogP contribution in [0.25, 0.3) is 11.4 Å². The molecule has 0 atom stereocenters. The van der Waals surface area contributed by atoms with Gasteiger partial charge in [-0.1, -0.05) is 31.1 Å². The minimum absolute atomic E-state index is 0.321. The van der Waals surface area contributed by atoms with E-state index in [0.717, 1.165) is 54.8 Å². The van der Waals surface area contributed by atoms with Gasteiger partial charge in [-0.3, -0.25) is 4.90 Å². The van der Waals surface area contributed by atoms with E-state index in [9.17, 15) is 0 Å². The summed E-state index contributed by atoms with van der Waals surface area (Å²) in [6, 6.07) is 9.74. The van der Waals surface area contributed by atoms with Crippen LogP contribution in [-0.2, 0) is 6.54 Å². The van der Waals surface area contributed by atoms with Crippen molar-refractivity contribution in [2.24, 2.45) is 0 Å². The molecule has 8 heteroatoms. The Kier molecular flexibility index (Phi) is 5.94. The van der Waals surface area contributed by atoms with E-state index in [-0.39, 0.29) is 0 Å². The van der Waals surface area contributed by atoms with Gasteiger partial charge in [-0.25, -0.2) is 9.97 Å². The average Bonchev–Trinajstić information content (AvgIpc) is 3.22. The average molecular weight is 409 g/mol. The van der Waals surface area contributed by atoms with Crippen molar-refractivity contribution in [1.29, 1.82) is 0 Å². The zero-order valence-corrected chi connectivity index (χ0v) is 18.0. The fourth-order valence-corrected chi connectivity index (χ4v) is 3.52. The summed E-state index contributed by atoms with van der Waals surface area (Å²) in [5.41, 5.74) is 1.90. The molecule has 1 fully saturated rings. The Hall–Kier alpha value is -3.00. The van der Waals surface area contributed by atoms with Gasteiger partial charge >= 0.3 is 0 Å². The summed E-state index contributed by atoms with van der Waals surface area (Å²) in [6.07, 6.45) is 0. The maximum Gasteiger partial charge on any atom is 0.241 e. The summed E-state index contributed by atoms with van der Waals surface area (Å²) in [4.78, 5) is 18.5. The molecule has 0 unspecified atom stereocenters. The summed E-state index contributed by atoms with van der Waals surface area (Å²) in [5, 5.41) is 4.13. The van der Waals surface area contributed by atoms with Crippen LogP contribution in [0.2, 0.25) is 0 Å². The zero-order valence-electron chi connectivity index (χ0n) is 18.0. The molecule has 0 spiro atoms. The van der Waals surface area contributed by atoms with Gasteiger partial charge in [-0.05, 0) is 19.1 Å². The molecule has 0 radical (unpaired) electrons. The third-order valence-electron chi connectivity index (χ3n) is 5.23. The highest BCUT2D eigenvalue weighted by atomic mass is 16.5. The van der Waals surface area contributed by atoms with Crippen LogP contribution in [0.1, 0.15) is 37.2 Å². The number of hydrogen-bond acceptors (Lipinski definition) is 8. The quantitative estimate of drug-likeness (QED) is 0.615. The Labute approximate surface area is 176 Å². The predicted octanol–water partition coefficient (Wildman–Crippen LogP) is 3.29. The van der Waals surface area contributed by atoms with Crippen molar-refractivity contribution in [2.45, 2.75) is 33.2 Å². The number of aromatic nitrogens is 4. The van der Waals surface area contributed by atoms with Crippen molar-refractivity contribution < 1.29 is 9.26 Å². The van der Waals surface area contributed by atoms with E-state index in [1.54, 1.807) is 7.11 Å². The van der Waals surface area contributed by atoms with Gasteiger partial charge in [0.05, 0.1) is 13.7 Å². The van der Waals surface area contributed by atoms with Crippen LogP contribution in [-0.4, -0.2) is 58.3 Å². The Morgan fingerprint density at radius 1 is 1.07 bits per heavy atom. The molecule has 0 bridgehead atoms. The first kappa shape index (κ1) is 20.3. The molecule has 1 saturated heterocycles. The Morgan fingerprint density at radius 3 is 2.60 bits per heavy atom. The first-order chi connectivity index (χ1) is 14.5. The molecule has 1 aliphatic heterocycles. The molecule has 0 saturated carbocycles. The monoisotopic (exact) mass is 408 g/mol. The van der Waals surface area contributed by atoms with E-state index in [1.165, 1.54) is 0 Å². The smallest absolute Gasteiger partial charge is 0.241 e. The number of piperazine rings is 1. The second kappa shape index (κ2) is 8.79. The molecule has 0 amide bonds. The predicted molar refractivity (Wildman–Crippen MR) is 115 cm³/mol. The highest BCUT2D eigenvalue weighted by Gasteiger charge is 2.21. The topological polar surface area (TPSA) is 80.4 Å². The van der Waals surface area contributed by atoms with Crippen LogP contribution in [0.4, 0.5) is 5.82 Å². The summed E-state index contributed by atoms with van der Waals surface area (Å²) >= 11 is 0. The molecule has 2 aromatic heterocycles. The number of rotatable bonds is 6. The molecule has 3 aromatic rings. The lowest BCUT2D eigenvalue weighted by molar-refractivity contribution is 0.215.